The van der Waals surface area contributed by atoms with Crippen molar-refractivity contribution in [2.24, 2.45) is 0 Å². The highest BCUT2D eigenvalue weighted by molar-refractivity contribution is 7.07. The molecule has 0 unspecified atom stereocenters. The van der Waals surface area contributed by atoms with Crippen LogP contribution < -0.4 is 11.1 Å². The van der Waals surface area contributed by atoms with Gasteiger partial charge in [-0.25, -0.2) is 4.98 Å². The first-order valence-electron chi connectivity index (χ1n) is 5.95. The Morgan fingerprint density at radius 1 is 1.55 bits per heavy atom. The average Bonchev–Trinajstić information content (AvgIpc) is 2.86. The van der Waals surface area contributed by atoms with Crippen molar-refractivity contribution in [1.29, 1.82) is 0 Å². The molecular formula is C13H15ClN4OS. The standard InChI is InChI=1S/C13H15ClN4OS/c1-18(5-10-7-20-8-16-10)6-13(19)17-9-2-3-11(14)12(15)4-9/h2-4,7-8H,5-6,15H2,1H3,(H,17,19). The molecule has 0 spiro atoms. The lowest BCUT2D eigenvalue weighted by Gasteiger charge is -2.15. The SMILES string of the molecule is CN(CC(=O)Nc1ccc(Cl)c(N)c1)Cc1cscn1. The molecule has 5 nitrogen and oxygen atoms in total. The number of carbonyl (C=O) groups excluding carboxylic acids is 1. The minimum Gasteiger partial charge on any atom is -0.397 e. The van der Waals surface area contributed by atoms with Crippen molar-refractivity contribution >= 4 is 40.2 Å². The fourth-order valence-electron chi connectivity index (χ4n) is 1.72. The van der Waals surface area contributed by atoms with Crippen LogP contribution >= 0.6 is 22.9 Å². The van der Waals surface area contributed by atoms with E-state index in [1.807, 2.05) is 17.3 Å². The van der Waals surface area contributed by atoms with Crippen molar-refractivity contribution in [3.8, 4) is 0 Å². The van der Waals surface area contributed by atoms with Crippen LogP contribution in [0, 0.1) is 0 Å². The summed E-state index contributed by atoms with van der Waals surface area (Å²) in [5.74, 6) is -0.107. The Bertz CT molecular complexity index is 588. The van der Waals surface area contributed by atoms with Crippen LogP contribution in [0.4, 0.5) is 11.4 Å². The van der Waals surface area contributed by atoms with E-state index >= 15 is 0 Å². The number of nitrogens with two attached hydrogens (primary N) is 1. The number of carbonyl (C=O) groups is 1. The minimum atomic E-state index is -0.107. The van der Waals surface area contributed by atoms with Gasteiger partial charge < -0.3 is 11.1 Å². The number of likely N-dealkylation sites (N-methyl/N-ethyl adjacent to an activating group) is 1. The number of anilines is 2. The molecule has 0 aliphatic heterocycles. The maximum absolute atomic E-state index is 11.9. The summed E-state index contributed by atoms with van der Waals surface area (Å²) >= 11 is 7.37. The summed E-state index contributed by atoms with van der Waals surface area (Å²) in [6.45, 7) is 0.916. The molecule has 20 heavy (non-hydrogen) atoms. The summed E-state index contributed by atoms with van der Waals surface area (Å²) in [4.78, 5) is 18.0. The van der Waals surface area contributed by atoms with Crippen molar-refractivity contribution < 1.29 is 4.79 Å². The van der Waals surface area contributed by atoms with Crippen molar-refractivity contribution in [3.05, 3.63) is 39.8 Å². The Morgan fingerprint density at radius 2 is 2.35 bits per heavy atom. The van der Waals surface area contributed by atoms with Gasteiger partial charge in [0.05, 0.1) is 28.5 Å². The highest BCUT2D eigenvalue weighted by atomic mass is 35.5. The number of halogens is 1. The van der Waals surface area contributed by atoms with Crippen LogP contribution in [0.15, 0.2) is 29.1 Å². The molecule has 0 saturated heterocycles. The monoisotopic (exact) mass is 310 g/mol. The molecule has 1 amide bonds. The van der Waals surface area contributed by atoms with Crippen LogP contribution in [0.25, 0.3) is 0 Å². The van der Waals surface area contributed by atoms with Crippen LogP contribution in [0.2, 0.25) is 5.02 Å². The number of hydrogen-bond acceptors (Lipinski definition) is 5. The lowest BCUT2D eigenvalue weighted by molar-refractivity contribution is -0.117. The molecule has 0 radical (unpaired) electrons. The van der Waals surface area contributed by atoms with E-state index in [9.17, 15) is 4.79 Å². The van der Waals surface area contributed by atoms with E-state index in [0.29, 0.717) is 22.9 Å². The Balaban J connectivity index is 1.87. The Morgan fingerprint density at radius 3 is 3.00 bits per heavy atom. The van der Waals surface area contributed by atoms with Crippen molar-refractivity contribution in [2.45, 2.75) is 6.54 Å². The molecule has 0 atom stereocenters. The smallest absolute Gasteiger partial charge is 0.238 e. The zero-order valence-electron chi connectivity index (χ0n) is 11.0. The fourth-order valence-corrected chi connectivity index (χ4v) is 2.38. The van der Waals surface area contributed by atoms with Gasteiger partial charge in [-0.1, -0.05) is 11.6 Å². The molecular weight excluding hydrogens is 296 g/mol. The van der Waals surface area contributed by atoms with Crippen LogP contribution in [0.3, 0.4) is 0 Å². The number of amides is 1. The number of nitrogen functional groups attached to an aromatic ring is 1. The van der Waals surface area contributed by atoms with E-state index in [0.717, 1.165) is 5.69 Å². The third kappa shape index (κ3) is 4.19. The normalized spacial score (nSPS) is 10.8. The van der Waals surface area contributed by atoms with Gasteiger partial charge in [-0.05, 0) is 25.2 Å². The molecule has 0 fully saturated rings. The summed E-state index contributed by atoms with van der Waals surface area (Å²) < 4.78 is 0. The molecule has 0 aliphatic carbocycles. The second-order valence-corrected chi connectivity index (χ2v) is 5.56. The Kier molecular flexibility index (Phi) is 4.94. The van der Waals surface area contributed by atoms with Crippen molar-refractivity contribution in [3.63, 3.8) is 0 Å². The number of nitrogens with one attached hydrogen (secondary N) is 1. The molecule has 7 heteroatoms. The Hall–Kier alpha value is -1.63. The molecule has 0 bridgehead atoms. The predicted molar refractivity (Wildman–Crippen MR) is 82.9 cm³/mol. The fraction of sp³-hybridized carbons (Fsp3) is 0.231. The van der Waals surface area contributed by atoms with E-state index in [2.05, 4.69) is 10.3 Å². The number of rotatable bonds is 5. The Labute approximate surface area is 126 Å². The van der Waals surface area contributed by atoms with Crippen molar-refractivity contribution in [1.82, 2.24) is 9.88 Å². The first-order valence-corrected chi connectivity index (χ1v) is 7.27. The van der Waals surface area contributed by atoms with Crippen LogP contribution in [0.1, 0.15) is 5.69 Å². The first-order chi connectivity index (χ1) is 9.54. The lowest BCUT2D eigenvalue weighted by Crippen LogP contribution is -2.29. The van der Waals surface area contributed by atoms with E-state index < -0.39 is 0 Å². The second kappa shape index (κ2) is 6.69. The number of benzene rings is 1. The van der Waals surface area contributed by atoms with E-state index in [1.165, 1.54) is 0 Å². The van der Waals surface area contributed by atoms with Crippen LogP contribution in [-0.2, 0) is 11.3 Å². The second-order valence-electron chi connectivity index (χ2n) is 4.44. The van der Waals surface area contributed by atoms with Crippen molar-refractivity contribution in [2.75, 3.05) is 24.6 Å². The van der Waals surface area contributed by atoms with E-state index in [-0.39, 0.29) is 12.5 Å². The molecule has 0 aliphatic rings. The summed E-state index contributed by atoms with van der Waals surface area (Å²) in [6, 6.07) is 5.02. The average molecular weight is 311 g/mol. The molecule has 1 aromatic carbocycles. The number of aromatic nitrogens is 1. The zero-order valence-corrected chi connectivity index (χ0v) is 12.5. The minimum absolute atomic E-state index is 0.107. The number of thiazole rings is 1. The summed E-state index contributed by atoms with van der Waals surface area (Å²) in [6.07, 6.45) is 0. The number of nitrogens with zero attached hydrogens (tertiary/aromatic N) is 2. The van der Waals surface area contributed by atoms with Gasteiger partial charge in [0.1, 0.15) is 0 Å². The van der Waals surface area contributed by atoms with Gasteiger partial charge in [-0.2, -0.15) is 0 Å². The highest BCUT2D eigenvalue weighted by Crippen LogP contribution is 2.22. The number of hydrogen-bond donors (Lipinski definition) is 2. The van der Waals surface area contributed by atoms with Gasteiger partial charge >= 0.3 is 0 Å². The zero-order chi connectivity index (χ0) is 14.5. The van der Waals surface area contributed by atoms with E-state index in [1.54, 1.807) is 35.0 Å². The molecule has 3 N–H and O–H groups in total. The van der Waals surface area contributed by atoms with Gasteiger partial charge in [0.15, 0.2) is 0 Å². The third-order valence-corrected chi connectivity index (χ3v) is 3.59. The predicted octanol–water partition coefficient (Wildman–Crippen LogP) is 2.45. The topological polar surface area (TPSA) is 71.2 Å². The molecule has 1 heterocycles. The molecule has 2 rings (SSSR count). The van der Waals surface area contributed by atoms with Gasteiger partial charge in [-0.15, -0.1) is 11.3 Å². The maximum Gasteiger partial charge on any atom is 0.238 e. The lowest BCUT2D eigenvalue weighted by atomic mass is 10.3. The quantitative estimate of drug-likeness (QED) is 0.832. The molecule has 2 aromatic rings. The van der Waals surface area contributed by atoms with Gasteiger partial charge in [-0.3, -0.25) is 9.69 Å². The molecule has 0 saturated carbocycles. The largest absolute Gasteiger partial charge is 0.397 e. The van der Waals surface area contributed by atoms with Gasteiger partial charge in [0.2, 0.25) is 5.91 Å². The molecule has 1 aromatic heterocycles. The van der Waals surface area contributed by atoms with Gasteiger partial charge in [0.25, 0.3) is 0 Å². The molecule has 106 valence electrons. The van der Waals surface area contributed by atoms with E-state index in [4.69, 9.17) is 17.3 Å². The van der Waals surface area contributed by atoms with Gasteiger partial charge in [0, 0.05) is 17.6 Å². The highest BCUT2D eigenvalue weighted by Gasteiger charge is 2.09. The third-order valence-electron chi connectivity index (χ3n) is 2.61. The first kappa shape index (κ1) is 14.8. The van der Waals surface area contributed by atoms with Crippen LogP contribution in [-0.4, -0.2) is 29.4 Å². The van der Waals surface area contributed by atoms with Crippen LogP contribution in [0.5, 0.6) is 0 Å². The summed E-state index contributed by atoms with van der Waals surface area (Å²) in [5, 5.41) is 5.23. The summed E-state index contributed by atoms with van der Waals surface area (Å²) in [5.41, 5.74) is 9.51. The summed E-state index contributed by atoms with van der Waals surface area (Å²) in [7, 11) is 1.87. The maximum atomic E-state index is 11.9.